The van der Waals surface area contributed by atoms with Crippen LogP contribution in [0.1, 0.15) is 32.1 Å². The number of rotatable bonds is 1. The predicted molar refractivity (Wildman–Crippen MR) is 51.7 cm³/mol. The summed E-state index contributed by atoms with van der Waals surface area (Å²) in [5, 5.41) is 10.3. The van der Waals surface area contributed by atoms with Gasteiger partial charge in [-0.25, -0.2) is 4.79 Å². The lowest BCUT2D eigenvalue weighted by molar-refractivity contribution is 0.138. The van der Waals surface area contributed by atoms with Gasteiger partial charge in [0.25, 0.3) is 5.17 Å². The highest BCUT2D eigenvalue weighted by molar-refractivity contribution is 7.80. The monoisotopic (exact) mass is 203 g/mol. The van der Waals surface area contributed by atoms with E-state index in [1.54, 1.807) is 0 Å². The zero-order valence-electron chi connectivity index (χ0n) is 7.28. The summed E-state index contributed by atoms with van der Waals surface area (Å²) in [6.07, 6.45) is 4.40. The first-order valence-electron chi connectivity index (χ1n) is 4.39. The zero-order valence-corrected chi connectivity index (χ0v) is 8.10. The van der Waals surface area contributed by atoms with Crippen LogP contribution in [0.5, 0.6) is 0 Å². The molecule has 0 saturated heterocycles. The molecule has 2 N–H and O–H groups in total. The number of nitrogens with one attached hydrogen (secondary N) is 1. The topological polar surface area (TPSA) is 58.6 Å². The van der Waals surface area contributed by atoms with Crippen LogP contribution in [0.4, 0.5) is 4.79 Å². The Morgan fingerprint density at radius 1 is 1.38 bits per heavy atom. The molecule has 0 aromatic heterocycles. The Hall–Kier alpha value is -0.840. The van der Waals surface area contributed by atoms with E-state index in [-0.39, 0.29) is 11.3 Å². The van der Waals surface area contributed by atoms with E-state index in [2.05, 4.69) is 0 Å². The maximum atomic E-state index is 10.2. The minimum absolute atomic E-state index is 0.0283. The third kappa shape index (κ3) is 4.07. The fraction of sp³-hybridized carbons (Fsp3) is 0.750. The number of ether oxygens (including phenoxy) is 1. The second-order valence-electron chi connectivity index (χ2n) is 3.10. The summed E-state index contributed by atoms with van der Waals surface area (Å²) in [5.74, 6) is 0. The lowest BCUT2D eigenvalue weighted by atomic mass is 9.98. The van der Waals surface area contributed by atoms with Gasteiger partial charge in [0.1, 0.15) is 6.10 Å². The molecule has 0 atom stereocenters. The van der Waals surface area contributed by atoms with Gasteiger partial charge in [0.15, 0.2) is 0 Å². The van der Waals surface area contributed by atoms with Crippen molar-refractivity contribution in [3.63, 3.8) is 0 Å². The van der Waals surface area contributed by atoms with Crippen molar-refractivity contribution in [2.24, 2.45) is 0 Å². The highest BCUT2D eigenvalue weighted by Crippen LogP contribution is 2.20. The highest BCUT2D eigenvalue weighted by Gasteiger charge is 2.16. The fourth-order valence-electron chi connectivity index (χ4n) is 1.45. The summed E-state index contributed by atoms with van der Waals surface area (Å²) >= 11 is 4.70. The molecule has 1 aliphatic rings. The Morgan fingerprint density at radius 2 is 2.00 bits per heavy atom. The van der Waals surface area contributed by atoms with Crippen LogP contribution in [0.15, 0.2) is 0 Å². The number of carbonyl (C=O) groups is 1. The molecule has 1 rings (SSSR count). The van der Waals surface area contributed by atoms with Crippen molar-refractivity contribution >= 4 is 23.5 Å². The van der Waals surface area contributed by atoms with E-state index < -0.39 is 6.09 Å². The summed E-state index contributed by atoms with van der Waals surface area (Å²) < 4.78 is 5.24. The highest BCUT2D eigenvalue weighted by atomic mass is 32.1. The van der Waals surface area contributed by atoms with E-state index in [0.29, 0.717) is 0 Å². The first-order valence-corrected chi connectivity index (χ1v) is 4.80. The molecule has 0 aromatic carbocycles. The van der Waals surface area contributed by atoms with Crippen LogP contribution in [0.3, 0.4) is 0 Å². The van der Waals surface area contributed by atoms with Gasteiger partial charge < -0.3 is 9.84 Å². The van der Waals surface area contributed by atoms with E-state index in [1.807, 2.05) is 5.32 Å². The average molecular weight is 203 g/mol. The number of hydrogen-bond acceptors (Lipinski definition) is 3. The Bertz CT molecular complexity index is 202. The van der Waals surface area contributed by atoms with Gasteiger partial charge >= 0.3 is 6.09 Å². The van der Waals surface area contributed by atoms with Crippen molar-refractivity contribution in [3.05, 3.63) is 0 Å². The van der Waals surface area contributed by atoms with E-state index in [4.69, 9.17) is 22.1 Å². The Morgan fingerprint density at radius 3 is 2.54 bits per heavy atom. The van der Waals surface area contributed by atoms with Crippen molar-refractivity contribution in [2.45, 2.75) is 38.2 Å². The Balaban J connectivity index is 2.22. The maximum Gasteiger partial charge on any atom is 0.412 e. The van der Waals surface area contributed by atoms with Crippen LogP contribution in [0.2, 0.25) is 0 Å². The smallest absolute Gasteiger partial charge is 0.412 e. The van der Waals surface area contributed by atoms with Gasteiger partial charge in [-0.2, -0.15) is 0 Å². The minimum Gasteiger partial charge on any atom is -0.467 e. The molecule has 1 aliphatic carbocycles. The SMILES string of the molecule is O=C(O)NC(=S)OC1CCCCC1. The Kier molecular flexibility index (Phi) is 3.95. The third-order valence-corrected chi connectivity index (χ3v) is 2.23. The quantitative estimate of drug-likeness (QED) is 0.639. The van der Waals surface area contributed by atoms with Gasteiger partial charge in [0.05, 0.1) is 0 Å². The van der Waals surface area contributed by atoms with Crippen molar-refractivity contribution in [2.75, 3.05) is 0 Å². The molecule has 1 amide bonds. The van der Waals surface area contributed by atoms with Crippen LogP contribution >= 0.6 is 12.2 Å². The number of carboxylic acid groups (broad SMARTS) is 1. The van der Waals surface area contributed by atoms with Crippen LogP contribution in [-0.4, -0.2) is 22.5 Å². The molecule has 4 nitrogen and oxygen atoms in total. The lowest BCUT2D eigenvalue weighted by Gasteiger charge is -2.22. The van der Waals surface area contributed by atoms with Crippen molar-refractivity contribution in [1.82, 2.24) is 5.32 Å². The molecule has 5 heteroatoms. The average Bonchev–Trinajstić information content (AvgIpc) is 2.04. The second-order valence-corrected chi connectivity index (χ2v) is 3.47. The maximum absolute atomic E-state index is 10.2. The first kappa shape index (κ1) is 10.2. The van der Waals surface area contributed by atoms with Crippen LogP contribution in [-0.2, 0) is 4.74 Å². The van der Waals surface area contributed by atoms with Crippen LogP contribution < -0.4 is 5.32 Å². The Labute approximate surface area is 82.3 Å². The van der Waals surface area contributed by atoms with Gasteiger partial charge in [-0.05, 0) is 37.9 Å². The molecular weight excluding hydrogens is 190 g/mol. The summed E-state index contributed by atoms with van der Waals surface area (Å²) in [6, 6.07) is 0. The van der Waals surface area contributed by atoms with Crippen molar-refractivity contribution in [3.8, 4) is 0 Å². The molecule has 1 fully saturated rings. The second kappa shape index (κ2) is 5.01. The summed E-state index contributed by atoms with van der Waals surface area (Å²) in [6.45, 7) is 0. The van der Waals surface area contributed by atoms with Gasteiger partial charge in [-0.1, -0.05) is 6.42 Å². The van der Waals surface area contributed by atoms with E-state index in [0.717, 1.165) is 25.7 Å². The number of amides is 1. The van der Waals surface area contributed by atoms with Gasteiger partial charge in [0, 0.05) is 0 Å². The molecule has 0 radical (unpaired) electrons. The molecular formula is C8H13NO3S. The van der Waals surface area contributed by atoms with E-state index in [9.17, 15) is 4.79 Å². The number of hydrogen-bond donors (Lipinski definition) is 2. The summed E-state index contributed by atoms with van der Waals surface area (Å²) in [4.78, 5) is 10.2. The molecule has 0 heterocycles. The molecule has 0 spiro atoms. The van der Waals surface area contributed by atoms with Crippen molar-refractivity contribution < 1.29 is 14.6 Å². The first-order chi connectivity index (χ1) is 6.18. The third-order valence-electron chi connectivity index (χ3n) is 2.03. The molecule has 13 heavy (non-hydrogen) atoms. The van der Waals surface area contributed by atoms with Crippen molar-refractivity contribution in [1.29, 1.82) is 0 Å². The number of thiocarbonyl (C=S) groups is 1. The zero-order chi connectivity index (χ0) is 9.68. The molecule has 0 bridgehead atoms. The van der Waals surface area contributed by atoms with Crippen LogP contribution in [0, 0.1) is 0 Å². The van der Waals surface area contributed by atoms with Gasteiger partial charge in [-0.3, -0.25) is 5.32 Å². The van der Waals surface area contributed by atoms with E-state index >= 15 is 0 Å². The minimum atomic E-state index is -1.17. The van der Waals surface area contributed by atoms with E-state index in [1.165, 1.54) is 6.42 Å². The summed E-state index contributed by atoms with van der Waals surface area (Å²) in [5.41, 5.74) is 0. The van der Waals surface area contributed by atoms with Gasteiger partial charge in [0.2, 0.25) is 0 Å². The standard InChI is InChI=1S/C8H13NO3S/c10-7(11)9-8(13)12-6-4-2-1-3-5-6/h6H,1-5H2,(H,9,13)(H,10,11). The molecule has 0 aromatic rings. The fourth-order valence-corrected chi connectivity index (χ4v) is 1.67. The molecule has 0 unspecified atom stereocenters. The molecule has 0 aliphatic heterocycles. The summed E-state index contributed by atoms with van der Waals surface area (Å²) in [7, 11) is 0. The predicted octanol–water partition coefficient (Wildman–Crippen LogP) is 1.89. The largest absolute Gasteiger partial charge is 0.467 e. The van der Waals surface area contributed by atoms with Gasteiger partial charge in [-0.15, -0.1) is 0 Å². The lowest BCUT2D eigenvalue weighted by Crippen LogP contribution is -2.33. The molecule has 74 valence electrons. The van der Waals surface area contributed by atoms with Crippen LogP contribution in [0.25, 0.3) is 0 Å². The molecule has 1 saturated carbocycles. The normalized spacial score (nSPS) is 17.8.